The van der Waals surface area contributed by atoms with E-state index in [1.54, 1.807) is 7.05 Å². The molecule has 0 spiro atoms. The van der Waals surface area contributed by atoms with Gasteiger partial charge in [-0.1, -0.05) is 29.8 Å². The largest absolute Gasteiger partial charge is 0.397 e. The van der Waals surface area contributed by atoms with E-state index in [-0.39, 0.29) is 11.1 Å². The van der Waals surface area contributed by atoms with E-state index >= 15 is 0 Å². The second-order valence-corrected chi connectivity index (χ2v) is 4.62. The number of nitrogens with two attached hydrogens (primary N) is 1. The molecule has 0 bridgehead atoms. The molecule has 2 rings (SSSR count). The third-order valence-corrected chi connectivity index (χ3v) is 3.17. The number of pyridine rings is 1. The number of aryl methyl sites for hydroxylation is 1. The van der Waals surface area contributed by atoms with Crippen molar-refractivity contribution >= 4 is 28.9 Å². The molecule has 0 saturated heterocycles. The van der Waals surface area contributed by atoms with Gasteiger partial charge in [-0.05, 0) is 24.6 Å². The Labute approximate surface area is 116 Å². The molecule has 0 fully saturated rings. The van der Waals surface area contributed by atoms with Crippen LogP contribution in [0.4, 0.5) is 11.4 Å². The summed E-state index contributed by atoms with van der Waals surface area (Å²) in [6, 6.07) is 9.16. The van der Waals surface area contributed by atoms with Gasteiger partial charge in [0, 0.05) is 12.7 Å². The Balaban J connectivity index is 2.39. The summed E-state index contributed by atoms with van der Waals surface area (Å²) in [5, 5.41) is 0.152. The molecule has 1 aromatic heterocycles. The SMILES string of the molecule is Cc1ccccc1N(C)C(=O)c1cc(N)cnc1Cl. The number of nitrogens with zero attached hydrogens (tertiary/aromatic N) is 2. The fourth-order valence-corrected chi connectivity index (χ4v) is 2.03. The highest BCUT2D eigenvalue weighted by atomic mass is 35.5. The third-order valence-electron chi connectivity index (χ3n) is 2.87. The minimum absolute atomic E-state index is 0.152. The molecule has 1 aromatic carbocycles. The highest BCUT2D eigenvalue weighted by Gasteiger charge is 2.18. The van der Waals surface area contributed by atoms with Gasteiger partial charge in [0.2, 0.25) is 0 Å². The summed E-state index contributed by atoms with van der Waals surface area (Å²) in [5.74, 6) is -0.237. The molecule has 98 valence electrons. The Hall–Kier alpha value is -2.07. The number of carbonyl (C=O) groups is 1. The van der Waals surface area contributed by atoms with Gasteiger partial charge >= 0.3 is 0 Å². The zero-order chi connectivity index (χ0) is 14.0. The molecule has 0 aliphatic carbocycles. The zero-order valence-corrected chi connectivity index (χ0v) is 11.5. The molecule has 4 nitrogen and oxygen atoms in total. The summed E-state index contributed by atoms with van der Waals surface area (Å²) in [6.45, 7) is 1.94. The van der Waals surface area contributed by atoms with Crippen molar-refractivity contribution in [2.45, 2.75) is 6.92 Å². The molecule has 2 aromatic rings. The molecule has 0 aliphatic heterocycles. The van der Waals surface area contributed by atoms with Crippen molar-refractivity contribution in [3.05, 3.63) is 52.8 Å². The van der Waals surface area contributed by atoms with E-state index in [1.807, 2.05) is 31.2 Å². The number of aromatic nitrogens is 1. The summed E-state index contributed by atoms with van der Waals surface area (Å²) in [7, 11) is 1.70. The van der Waals surface area contributed by atoms with Crippen molar-refractivity contribution in [2.75, 3.05) is 17.7 Å². The lowest BCUT2D eigenvalue weighted by molar-refractivity contribution is 0.0992. The van der Waals surface area contributed by atoms with Crippen LogP contribution < -0.4 is 10.6 Å². The van der Waals surface area contributed by atoms with E-state index in [0.29, 0.717) is 11.3 Å². The third kappa shape index (κ3) is 2.69. The Morgan fingerprint density at radius 3 is 2.74 bits per heavy atom. The Kier molecular flexibility index (Phi) is 3.71. The predicted octanol–water partition coefficient (Wildman–Crippen LogP) is 2.90. The number of hydrogen-bond acceptors (Lipinski definition) is 3. The number of anilines is 2. The van der Waals surface area contributed by atoms with E-state index < -0.39 is 0 Å². The number of hydrogen-bond donors (Lipinski definition) is 1. The molecular weight excluding hydrogens is 262 g/mol. The van der Waals surface area contributed by atoms with Crippen LogP contribution >= 0.6 is 11.6 Å². The van der Waals surface area contributed by atoms with E-state index in [1.165, 1.54) is 17.2 Å². The summed E-state index contributed by atoms with van der Waals surface area (Å²) in [6.07, 6.45) is 1.42. The van der Waals surface area contributed by atoms with E-state index in [0.717, 1.165) is 11.3 Å². The van der Waals surface area contributed by atoms with Gasteiger partial charge in [-0.3, -0.25) is 4.79 Å². The van der Waals surface area contributed by atoms with Crippen molar-refractivity contribution in [3.63, 3.8) is 0 Å². The van der Waals surface area contributed by atoms with E-state index in [4.69, 9.17) is 17.3 Å². The molecule has 19 heavy (non-hydrogen) atoms. The van der Waals surface area contributed by atoms with Crippen LogP contribution in [0.5, 0.6) is 0 Å². The first-order valence-corrected chi connectivity index (χ1v) is 6.13. The summed E-state index contributed by atoms with van der Waals surface area (Å²) in [5.41, 5.74) is 8.18. The van der Waals surface area contributed by atoms with Crippen LogP contribution in [-0.4, -0.2) is 17.9 Å². The van der Waals surface area contributed by atoms with Gasteiger partial charge in [-0.2, -0.15) is 0 Å². The topological polar surface area (TPSA) is 59.2 Å². The first-order valence-electron chi connectivity index (χ1n) is 5.75. The number of benzene rings is 1. The van der Waals surface area contributed by atoms with Crippen LogP contribution in [0.2, 0.25) is 5.15 Å². The Morgan fingerprint density at radius 2 is 2.05 bits per heavy atom. The average Bonchev–Trinajstić information content (AvgIpc) is 2.40. The van der Waals surface area contributed by atoms with Crippen molar-refractivity contribution in [1.29, 1.82) is 0 Å². The smallest absolute Gasteiger partial charge is 0.261 e. The molecule has 2 N–H and O–H groups in total. The number of halogens is 1. The minimum atomic E-state index is -0.237. The number of amides is 1. The first kappa shape index (κ1) is 13.4. The first-order chi connectivity index (χ1) is 9.00. The van der Waals surface area contributed by atoms with Crippen LogP contribution in [0.1, 0.15) is 15.9 Å². The molecule has 0 atom stereocenters. The van der Waals surface area contributed by atoms with Gasteiger partial charge in [-0.25, -0.2) is 4.98 Å². The molecule has 0 unspecified atom stereocenters. The fourth-order valence-electron chi connectivity index (χ4n) is 1.84. The van der Waals surface area contributed by atoms with Gasteiger partial charge in [0.25, 0.3) is 5.91 Å². The quantitative estimate of drug-likeness (QED) is 0.858. The Morgan fingerprint density at radius 1 is 1.37 bits per heavy atom. The van der Waals surface area contributed by atoms with Gasteiger partial charge in [-0.15, -0.1) is 0 Å². The highest BCUT2D eigenvalue weighted by molar-refractivity contribution is 6.33. The van der Waals surface area contributed by atoms with Crippen LogP contribution in [0.25, 0.3) is 0 Å². The maximum absolute atomic E-state index is 12.4. The summed E-state index contributed by atoms with van der Waals surface area (Å²) in [4.78, 5) is 17.8. The molecule has 1 heterocycles. The maximum Gasteiger partial charge on any atom is 0.261 e. The lowest BCUT2D eigenvalue weighted by Gasteiger charge is -2.20. The van der Waals surface area contributed by atoms with Crippen molar-refractivity contribution in [2.24, 2.45) is 0 Å². The number of para-hydroxylation sites is 1. The second kappa shape index (κ2) is 5.28. The molecule has 0 radical (unpaired) electrons. The van der Waals surface area contributed by atoms with E-state index in [9.17, 15) is 4.79 Å². The van der Waals surface area contributed by atoms with Crippen LogP contribution in [-0.2, 0) is 0 Å². The fraction of sp³-hybridized carbons (Fsp3) is 0.143. The normalized spacial score (nSPS) is 10.3. The second-order valence-electron chi connectivity index (χ2n) is 4.26. The van der Waals surface area contributed by atoms with Gasteiger partial charge in [0.15, 0.2) is 0 Å². The average molecular weight is 276 g/mol. The van der Waals surface area contributed by atoms with Crippen molar-refractivity contribution < 1.29 is 4.79 Å². The van der Waals surface area contributed by atoms with Crippen molar-refractivity contribution in [3.8, 4) is 0 Å². The van der Waals surface area contributed by atoms with Crippen LogP contribution in [0, 0.1) is 6.92 Å². The molecule has 5 heteroatoms. The lowest BCUT2D eigenvalue weighted by atomic mass is 10.1. The monoisotopic (exact) mass is 275 g/mol. The van der Waals surface area contributed by atoms with Gasteiger partial charge < -0.3 is 10.6 Å². The number of rotatable bonds is 2. The van der Waals surface area contributed by atoms with Gasteiger partial charge in [0.05, 0.1) is 17.4 Å². The van der Waals surface area contributed by atoms with Crippen LogP contribution in [0.15, 0.2) is 36.5 Å². The van der Waals surface area contributed by atoms with Crippen molar-refractivity contribution in [1.82, 2.24) is 4.98 Å². The standard InChI is InChI=1S/C14H14ClN3O/c1-9-5-3-4-6-12(9)18(2)14(19)11-7-10(16)8-17-13(11)15/h3-8H,16H2,1-2H3. The maximum atomic E-state index is 12.4. The number of nitrogen functional groups attached to an aromatic ring is 1. The summed E-state index contributed by atoms with van der Waals surface area (Å²) < 4.78 is 0. The lowest BCUT2D eigenvalue weighted by Crippen LogP contribution is -2.27. The minimum Gasteiger partial charge on any atom is -0.397 e. The molecule has 1 amide bonds. The molecular formula is C14H14ClN3O. The summed E-state index contributed by atoms with van der Waals surface area (Å²) >= 11 is 5.95. The van der Waals surface area contributed by atoms with E-state index in [2.05, 4.69) is 4.98 Å². The van der Waals surface area contributed by atoms with Crippen LogP contribution in [0.3, 0.4) is 0 Å². The Bertz CT molecular complexity index is 628. The number of carbonyl (C=O) groups excluding carboxylic acids is 1. The predicted molar refractivity (Wildman–Crippen MR) is 77.6 cm³/mol. The molecule has 0 aliphatic rings. The molecule has 0 saturated carbocycles. The highest BCUT2D eigenvalue weighted by Crippen LogP contribution is 2.23. The van der Waals surface area contributed by atoms with Gasteiger partial charge in [0.1, 0.15) is 5.15 Å². The zero-order valence-electron chi connectivity index (χ0n) is 10.7.